The predicted octanol–water partition coefficient (Wildman–Crippen LogP) is 2.66. The first kappa shape index (κ1) is 13.8. The Morgan fingerprint density at radius 2 is 2.33 bits per heavy atom. The molecular formula is C14H20BrNO2. The first-order chi connectivity index (χ1) is 8.72. The normalized spacial score (nSPS) is 20.9. The zero-order valence-electron chi connectivity index (χ0n) is 10.7. The number of nitrogens with zero attached hydrogens (tertiary/aromatic N) is 1. The third kappa shape index (κ3) is 3.46. The summed E-state index contributed by atoms with van der Waals surface area (Å²) in [5.41, 5.74) is 1.24. The largest absolute Gasteiger partial charge is 0.497 e. The molecule has 1 atom stereocenters. The van der Waals surface area contributed by atoms with E-state index in [1.807, 2.05) is 12.1 Å². The molecule has 3 nitrogen and oxygen atoms in total. The molecule has 0 aromatic heterocycles. The second kappa shape index (κ2) is 6.55. The Kier molecular flexibility index (Phi) is 5.03. The minimum atomic E-state index is 0.301. The fourth-order valence-corrected chi connectivity index (χ4v) is 2.86. The number of aliphatic hydroxyl groups is 1. The first-order valence-corrected chi connectivity index (χ1v) is 7.18. The first-order valence-electron chi connectivity index (χ1n) is 6.38. The minimum Gasteiger partial charge on any atom is -0.497 e. The van der Waals surface area contributed by atoms with Gasteiger partial charge in [0.1, 0.15) is 5.75 Å². The average molecular weight is 314 g/mol. The number of halogens is 1. The Hall–Kier alpha value is -0.580. The van der Waals surface area contributed by atoms with E-state index in [2.05, 4.69) is 26.9 Å². The molecule has 1 fully saturated rings. The molecule has 1 aromatic carbocycles. The fraction of sp³-hybridized carbons (Fsp3) is 0.571. The molecule has 0 bridgehead atoms. The monoisotopic (exact) mass is 313 g/mol. The molecule has 0 spiro atoms. The third-order valence-electron chi connectivity index (χ3n) is 3.51. The average Bonchev–Trinajstić information content (AvgIpc) is 2.41. The lowest BCUT2D eigenvalue weighted by molar-refractivity contribution is 0.115. The molecule has 0 aliphatic carbocycles. The van der Waals surface area contributed by atoms with Gasteiger partial charge in [-0.2, -0.15) is 0 Å². The fourth-order valence-electron chi connectivity index (χ4n) is 2.48. The van der Waals surface area contributed by atoms with Crippen LogP contribution in [0, 0.1) is 5.92 Å². The maximum atomic E-state index is 9.26. The van der Waals surface area contributed by atoms with E-state index in [1.165, 1.54) is 12.0 Å². The van der Waals surface area contributed by atoms with Crippen LogP contribution in [0.25, 0.3) is 0 Å². The molecule has 0 radical (unpaired) electrons. The van der Waals surface area contributed by atoms with Crippen LogP contribution in [0.3, 0.4) is 0 Å². The molecule has 100 valence electrons. The summed E-state index contributed by atoms with van der Waals surface area (Å²) in [6, 6.07) is 6.06. The van der Waals surface area contributed by atoms with Crippen LogP contribution in [0.15, 0.2) is 22.7 Å². The summed E-state index contributed by atoms with van der Waals surface area (Å²) in [5, 5.41) is 9.26. The smallest absolute Gasteiger partial charge is 0.119 e. The molecule has 1 heterocycles. The molecule has 18 heavy (non-hydrogen) atoms. The highest BCUT2D eigenvalue weighted by Crippen LogP contribution is 2.25. The zero-order valence-corrected chi connectivity index (χ0v) is 12.3. The van der Waals surface area contributed by atoms with Crippen molar-refractivity contribution in [2.75, 3.05) is 26.8 Å². The molecule has 1 saturated heterocycles. The Balaban J connectivity index is 2.04. The SMILES string of the molecule is COc1ccc(Br)c(CN2CCCC(CO)C2)c1. The number of benzene rings is 1. The van der Waals surface area contributed by atoms with E-state index >= 15 is 0 Å². The van der Waals surface area contributed by atoms with Crippen LogP contribution < -0.4 is 4.74 Å². The van der Waals surface area contributed by atoms with E-state index in [0.717, 1.165) is 36.3 Å². The Morgan fingerprint density at radius 3 is 3.06 bits per heavy atom. The molecule has 1 unspecified atom stereocenters. The van der Waals surface area contributed by atoms with Crippen LogP contribution in [-0.2, 0) is 6.54 Å². The van der Waals surface area contributed by atoms with Crippen LogP contribution in [0.2, 0.25) is 0 Å². The van der Waals surface area contributed by atoms with Crippen molar-refractivity contribution >= 4 is 15.9 Å². The Bertz CT molecular complexity index is 397. The van der Waals surface area contributed by atoms with Gasteiger partial charge in [0.25, 0.3) is 0 Å². The number of ether oxygens (including phenoxy) is 1. The molecule has 1 aliphatic heterocycles. The topological polar surface area (TPSA) is 32.7 Å². The van der Waals surface area contributed by atoms with Crippen molar-refractivity contribution in [3.05, 3.63) is 28.2 Å². The third-order valence-corrected chi connectivity index (χ3v) is 4.28. The van der Waals surface area contributed by atoms with Gasteiger partial charge in [0.15, 0.2) is 0 Å². The molecule has 1 N–H and O–H groups in total. The molecule has 0 amide bonds. The number of methoxy groups -OCH3 is 1. The van der Waals surface area contributed by atoms with Crippen LogP contribution >= 0.6 is 15.9 Å². The van der Waals surface area contributed by atoms with Crippen LogP contribution in [-0.4, -0.2) is 36.8 Å². The molecule has 4 heteroatoms. The summed E-state index contributed by atoms with van der Waals surface area (Å²) in [4.78, 5) is 2.41. The molecule has 2 rings (SSSR count). The quantitative estimate of drug-likeness (QED) is 0.927. The van der Waals surface area contributed by atoms with E-state index in [9.17, 15) is 5.11 Å². The highest BCUT2D eigenvalue weighted by Gasteiger charge is 2.19. The number of hydrogen-bond donors (Lipinski definition) is 1. The predicted molar refractivity (Wildman–Crippen MR) is 75.8 cm³/mol. The summed E-state index contributed by atoms with van der Waals surface area (Å²) in [6.07, 6.45) is 2.32. The van der Waals surface area contributed by atoms with Crippen LogP contribution in [0.4, 0.5) is 0 Å². The van der Waals surface area contributed by atoms with Gasteiger partial charge >= 0.3 is 0 Å². The number of aliphatic hydroxyl groups excluding tert-OH is 1. The Labute approximate surface area is 117 Å². The summed E-state index contributed by atoms with van der Waals surface area (Å²) in [7, 11) is 1.69. The van der Waals surface area contributed by atoms with Gasteiger partial charge in [-0.25, -0.2) is 0 Å². The van der Waals surface area contributed by atoms with E-state index in [4.69, 9.17) is 4.74 Å². The summed E-state index contributed by atoms with van der Waals surface area (Å²) in [6.45, 7) is 3.31. The molecule has 1 aliphatic rings. The van der Waals surface area contributed by atoms with E-state index in [1.54, 1.807) is 7.11 Å². The van der Waals surface area contributed by atoms with Gasteiger partial charge in [0.05, 0.1) is 7.11 Å². The Morgan fingerprint density at radius 1 is 1.50 bits per heavy atom. The van der Waals surface area contributed by atoms with Gasteiger partial charge in [0, 0.05) is 24.2 Å². The maximum absolute atomic E-state index is 9.26. The van der Waals surface area contributed by atoms with Gasteiger partial charge in [-0.05, 0) is 49.1 Å². The van der Waals surface area contributed by atoms with E-state index in [-0.39, 0.29) is 0 Å². The van der Waals surface area contributed by atoms with Crippen molar-refractivity contribution in [3.8, 4) is 5.75 Å². The minimum absolute atomic E-state index is 0.301. The van der Waals surface area contributed by atoms with Gasteiger partial charge in [-0.3, -0.25) is 4.90 Å². The summed E-state index contributed by atoms with van der Waals surface area (Å²) >= 11 is 3.59. The van der Waals surface area contributed by atoms with Gasteiger partial charge in [0.2, 0.25) is 0 Å². The van der Waals surface area contributed by atoms with Crippen molar-refractivity contribution in [2.45, 2.75) is 19.4 Å². The lowest BCUT2D eigenvalue weighted by atomic mass is 9.98. The summed E-state index contributed by atoms with van der Waals surface area (Å²) < 4.78 is 6.38. The van der Waals surface area contributed by atoms with Gasteiger partial charge in [-0.1, -0.05) is 15.9 Å². The van der Waals surface area contributed by atoms with Gasteiger partial charge in [-0.15, -0.1) is 0 Å². The van der Waals surface area contributed by atoms with Crippen LogP contribution in [0.1, 0.15) is 18.4 Å². The number of piperidine rings is 1. The highest BCUT2D eigenvalue weighted by molar-refractivity contribution is 9.10. The van der Waals surface area contributed by atoms with Gasteiger partial charge < -0.3 is 9.84 Å². The second-order valence-corrected chi connectivity index (χ2v) is 5.74. The number of rotatable bonds is 4. The van der Waals surface area contributed by atoms with Crippen molar-refractivity contribution < 1.29 is 9.84 Å². The summed E-state index contributed by atoms with van der Waals surface area (Å²) in [5.74, 6) is 1.33. The lowest BCUT2D eigenvalue weighted by Crippen LogP contribution is -2.36. The molecular weight excluding hydrogens is 294 g/mol. The zero-order chi connectivity index (χ0) is 13.0. The lowest BCUT2D eigenvalue weighted by Gasteiger charge is -2.32. The van der Waals surface area contributed by atoms with Crippen molar-refractivity contribution in [1.82, 2.24) is 4.90 Å². The van der Waals surface area contributed by atoms with Crippen molar-refractivity contribution in [3.63, 3.8) is 0 Å². The molecule has 0 saturated carbocycles. The van der Waals surface area contributed by atoms with Crippen molar-refractivity contribution in [2.24, 2.45) is 5.92 Å². The molecule has 1 aromatic rings. The number of likely N-dealkylation sites (tertiary alicyclic amines) is 1. The standard InChI is InChI=1S/C14H20BrNO2/c1-18-13-4-5-14(15)12(7-13)9-16-6-2-3-11(8-16)10-17/h4-5,7,11,17H,2-3,6,8-10H2,1H3. The highest BCUT2D eigenvalue weighted by atomic mass is 79.9. The number of hydrogen-bond acceptors (Lipinski definition) is 3. The van der Waals surface area contributed by atoms with E-state index < -0.39 is 0 Å². The van der Waals surface area contributed by atoms with Crippen LogP contribution in [0.5, 0.6) is 5.75 Å². The van der Waals surface area contributed by atoms with Crippen molar-refractivity contribution in [1.29, 1.82) is 0 Å². The second-order valence-electron chi connectivity index (χ2n) is 4.88. The maximum Gasteiger partial charge on any atom is 0.119 e. The van der Waals surface area contributed by atoms with E-state index in [0.29, 0.717) is 12.5 Å².